The lowest BCUT2D eigenvalue weighted by Gasteiger charge is -2.30. The Balaban J connectivity index is 1.90. The maximum Gasteiger partial charge on any atom is 0.253 e. The predicted molar refractivity (Wildman–Crippen MR) is 129 cm³/mol. The average Bonchev–Trinajstić information content (AvgIpc) is 2.77. The Labute approximate surface area is 205 Å². The summed E-state index contributed by atoms with van der Waals surface area (Å²) in [5.41, 5.74) is 2.42. The Bertz CT molecular complexity index is 1010. The molecule has 0 saturated carbocycles. The Kier molecular flexibility index (Phi) is 8.38. The van der Waals surface area contributed by atoms with Gasteiger partial charge in [0.15, 0.2) is 10.6 Å². The van der Waals surface area contributed by atoms with Gasteiger partial charge < -0.3 is 10.2 Å². The molecule has 0 spiro atoms. The van der Waals surface area contributed by atoms with Crippen molar-refractivity contribution in [3.05, 3.63) is 80.8 Å². The third-order valence-electron chi connectivity index (χ3n) is 4.69. The fourth-order valence-corrected chi connectivity index (χ4v) is 3.49. The molecule has 1 heterocycles. The summed E-state index contributed by atoms with van der Waals surface area (Å²) in [5, 5.41) is 3.54. The first-order valence-corrected chi connectivity index (χ1v) is 11.2. The first-order valence-electron chi connectivity index (χ1n) is 9.53. The number of rotatable bonds is 5. The molecule has 166 valence electrons. The van der Waals surface area contributed by atoms with E-state index >= 15 is 0 Å². The number of nitrogens with one attached hydrogen (secondary N) is 1. The van der Waals surface area contributed by atoms with Crippen molar-refractivity contribution in [3.63, 3.8) is 0 Å². The number of hydrogen-bond donors (Lipinski definition) is 1. The Morgan fingerprint density at radius 1 is 0.875 bits per heavy atom. The minimum atomic E-state index is -1.27. The minimum absolute atomic E-state index is 0.0965. The van der Waals surface area contributed by atoms with Gasteiger partial charge in [-0.15, -0.1) is 0 Å². The normalized spacial score (nSPS) is 16.7. The maximum absolute atomic E-state index is 13.2. The number of ketones is 1. The summed E-state index contributed by atoms with van der Waals surface area (Å²) in [5.74, 6) is -1.20. The van der Waals surface area contributed by atoms with Crippen LogP contribution in [0.3, 0.4) is 0 Å². The first kappa shape index (κ1) is 24.3. The SMILES string of the molecule is O=C1/C(=C/c2ccc(Cl)cc2)CN(C(=O)CNC(=O)C(Cl)Cl)C/C1=C\c1ccc(Cl)cc1. The van der Waals surface area contributed by atoms with Crippen LogP contribution in [-0.4, -0.2) is 47.0 Å². The zero-order valence-electron chi connectivity index (χ0n) is 16.7. The standard InChI is InChI=1S/C23H18Cl4N2O3/c24-18-5-1-14(2-6-18)9-16-12-29(20(30)11-28-23(32)22(26)27)13-17(21(16)31)10-15-3-7-19(25)8-4-15/h1-10,22H,11-13H2,(H,28,32)/b16-9+,17-10+. The highest BCUT2D eigenvalue weighted by Crippen LogP contribution is 2.23. The van der Waals surface area contributed by atoms with E-state index in [1.165, 1.54) is 4.90 Å². The van der Waals surface area contributed by atoms with Crippen molar-refractivity contribution >= 4 is 76.2 Å². The third kappa shape index (κ3) is 6.59. The van der Waals surface area contributed by atoms with Gasteiger partial charge in [-0.25, -0.2) is 0 Å². The molecule has 3 rings (SSSR count). The molecule has 0 atom stereocenters. The van der Waals surface area contributed by atoms with Crippen LogP contribution in [0.15, 0.2) is 59.7 Å². The van der Waals surface area contributed by atoms with Gasteiger partial charge in [-0.1, -0.05) is 70.7 Å². The smallest absolute Gasteiger partial charge is 0.253 e. The first-order chi connectivity index (χ1) is 15.2. The zero-order chi connectivity index (χ0) is 23.3. The number of hydrogen-bond acceptors (Lipinski definition) is 3. The molecule has 2 amide bonds. The van der Waals surface area contributed by atoms with Crippen LogP contribution < -0.4 is 5.32 Å². The molecule has 1 saturated heterocycles. The molecule has 2 aromatic carbocycles. The summed E-state index contributed by atoms with van der Waals surface area (Å²) in [6.45, 7) is -0.0932. The van der Waals surface area contributed by atoms with Crippen LogP contribution in [0.25, 0.3) is 12.2 Å². The van der Waals surface area contributed by atoms with Crippen LogP contribution in [-0.2, 0) is 14.4 Å². The molecule has 9 heteroatoms. The molecule has 32 heavy (non-hydrogen) atoms. The molecule has 1 aliphatic rings. The number of benzene rings is 2. The second-order valence-corrected chi connectivity index (χ2v) is 9.01. The lowest BCUT2D eigenvalue weighted by molar-refractivity contribution is -0.132. The molecule has 1 fully saturated rings. The maximum atomic E-state index is 13.2. The van der Waals surface area contributed by atoms with Gasteiger partial charge >= 0.3 is 0 Å². The van der Waals surface area contributed by atoms with Gasteiger partial charge in [-0.2, -0.15) is 0 Å². The summed E-state index contributed by atoms with van der Waals surface area (Å²) >= 11 is 22.9. The van der Waals surface area contributed by atoms with E-state index in [9.17, 15) is 14.4 Å². The van der Waals surface area contributed by atoms with Gasteiger partial charge in [-0.3, -0.25) is 14.4 Å². The summed E-state index contributed by atoms with van der Waals surface area (Å²) in [6.07, 6.45) is 3.44. The Hall–Kier alpha value is -2.31. The molecule has 1 aliphatic heterocycles. The van der Waals surface area contributed by atoms with E-state index in [1.54, 1.807) is 60.7 Å². The van der Waals surface area contributed by atoms with Crippen molar-refractivity contribution in [3.8, 4) is 0 Å². The highest BCUT2D eigenvalue weighted by Gasteiger charge is 2.29. The van der Waals surface area contributed by atoms with Crippen molar-refractivity contribution in [1.29, 1.82) is 0 Å². The van der Waals surface area contributed by atoms with Crippen molar-refractivity contribution in [2.75, 3.05) is 19.6 Å². The fourth-order valence-electron chi connectivity index (χ4n) is 3.09. The van der Waals surface area contributed by atoms with Gasteiger partial charge in [0.25, 0.3) is 5.91 Å². The summed E-state index contributed by atoms with van der Waals surface area (Å²) < 4.78 is 0. The highest BCUT2D eigenvalue weighted by molar-refractivity contribution is 6.53. The largest absolute Gasteiger partial charge is 0.345 e. The topological polar surface area (TPSA) is 66.5 Å². The summed E-state index contributed by atoms with van der Waals surface area (Å²) in [7, 11) is 0. The van der Waals surface area contributed by atoms with E-state index in [0.717, 1.165) is 11.1 Å². The lowest BCUT2D eigenvalue weighted by atomic mass is 9.94. The number of nitrogens with zero attached hydrogens (tertiary/aromatic N) is 1. The van der Waals surface area contributed by atoms with E-state index in [1.807, 2.05) is 0 Å². The molecular weight excluding hydrogens is 494 g/mol. The van der Waals surface area contributed by atoms with E-state index in [-0.39, 0.29) is 31.3 Å². The van der Waals surface area contributed by atoms with Gasteiger partial charge in [-0.05, 0) is 47.5 Å². The van der Waals surface area contributed by atoms with E-state index in [0.29, 0.717) is 21.2 Å². The molecule has 0 radical (unpaired) electrons. The number of carbonyl (C=O) groups is 3. The number of piperidine rings is 1. The quantitative estimate of drug-likeness (QED) is 0.463. The van der Waals surface area contributed by atoms with E-state index in [4.69, 9.17) is 46.4 Å². The molecule has 0 aliphatic carbocycles. The molecule has 1 N–H and O–H groups in total. The second kappa shape index (κ2) is 11.0. The predicted octanol–water partition coefficient (Wildman–Crippen LogP) is 4.79. The lowest BCUT2D eigenvalue weighted by Crippen LogP contribution is -2.46. The number of halogens is 4. The molecular formula is C23H18Cl4N2O3. The zero-order valence-corrected chi connectivity index (χ0v) is 19.7. The van der Waals surface area contributed by atoms with Crippen LogP contribution >= 0.6 is 46.4 Å². The molecule has 5 nitrogen and oxygen atoms in total. The molecule has 2 aromatic rings. The monoisotopic (exact) mass is 510 g/mol. The average molecular weight is 512 g/mol. The molecule has 0 unspecified atom stereocenters. The van der Waals surface area contributed by atoms with Crippen molar-refractivity contribution in [2.45, 2.75) is 4.84 Å². The molecule has 0 aromatic heterocycles. The van der Waals surface area contributed by atoms with Crippen LogP contribution in [0.2, 0.25) is 10.0 Å². The van der Waals surface area contributed by atoms with Gasteiger partial charge in [0.2, 0.25) is 5.91 Å². The van der Waals surface area contributed by atoms with Crippen LogP contribution in [0.5, 0.6) is 0 Å². The molecule has 0 bridgehead atoms. The number of Topliss-reactive ketones (excluding diaryl/α,β-unsaturated/α-hetero) is 1. The van der Waals surface area contributed by atoms with Crippen LogP contribution in [0.4, 0.5) is 0 Å². The third-order valence-corrected chi connectivity index (χ3v) is 5.59. The summed E-state index contributed by atoms with van der Waals surface area (Å²) in [4.78, 5) is 37.7. The number of amides is 2. The summed E-state index contributed by atoms with van der Waals surface area (Å²) in [6, 6.07) is 14.0. The van der Waals surface area contributed by atoms with Crippen molar-refractivity contribution < 1.29 is 14.4 Å². The van der Waals surface area contributed by atoms with Crippen molar-refractivity contribution in [1.82, 2.24) is 10.2 Å². The Morgan fingerprint density at radius 2 is 1.31 bits per heavy atom. The van der Waals surface area contributed by atoms with E-state index < -0.39 is 10.7 Å². The Morgan fingerprint density at radius 3 is 1.72 bits per heavy atom. The van der Waals surface area contributed by atoms with E-state index in [2.05, 4.69) is 5.32 Å². The minimum Gasteiger partial charge on any atom is -0.345 e. The number of likely N-dealkylation sites (tertiary alicyclic amines) is 1. The fraction of sp³-hybridized carbons (Fsp3) is 0.174. The second-order valence-electron chi connectivity index (χ2n) is 7.04. The van der Waals surface area contributed by atoms with Crippen LogP contribution in [0.1, 0.15) is 11.1 Å². The van der Waals surface area contributed by atoms with Gasteiger partial charge in [0, 0.05) is 34.3 Å². The van der Waals surface area contributed by atoms with Gasteiger partial charge in [0.1, 0.15) is 0 Å². The highest BCUT2D eigenvalue weighted by atomic mass is 35.5. The van der Waals surface area contributed by atoms with Crippen molar-refractivity contribution in [2.24, 2.45) is 0 Å². The number of carbonyl (C=O) groups excluding carboxylic acids is 3. The van der Waals surface area contributed by atoms with Crippen LogP contribution in [0, 0.1) is 0 Å². The van der Waals surface area contributed by atoms with Gasteiger partial charge in [0.05, 0.1) is 6.54 Å². The number of alkyl halides is 2.